The van der Waals surface area contributed by atoms with E-state index in [4.69, 9.17) is 13.3 Å². The molecule has 0 spiro atoms. The van der Waals surface area contributed by atoms with Crippen molar-refractivity contribution in [1.82, 2.24) is 0 Å². The molecule has 0 aromatic heterocycles. The van der Waals surface area contributed by atoms with Gasteiger partial charge in [-0.2, -0.15) is 0 Å². The maximum atomic E-state index is 5.08. The zero-order chi connectivity index (χ0) is 17.4. The Balaban J connectivity index is -0.0000000862. The minimum Gasteiger partial charge on any atom is -0.424 e. The van der Waals surface area contributed by atoms with Crippen LogP contribution in [-0.4, -0.2) is 56.5 Å². The summed E-state index contributed by atoms with van der Waals surface area (Å²) in [5.41, 5.74) is 0. The van der Waals surface area contributed by atoms with E-state index in [0.29, 0.717) is 0 Å². The molecule has 0 aliphatic rings. The molecule has 0 heterocycles. The monoisotopic (exact) mass is 358 g/mol. The molecule has 0 aromatic carbocycles. The molecule has 0 atom stereocenters. The lowest BCUT2D eigenvalue weighted by molar-refractivity contribution is 0.411. The first kappa shape index (κ1) is 28.8. The van der Waals surface area contributed by atoms with Gasteiger partial charge in [0.2, 0.25) is 0 Å². The van der Waals surface area contributed by atoms with Gasteiger partial charge in [0.1, 0.15) is 0 Å². The molecule has 0 bridgehead atoms. The zero-order valence-corrected chi connectivity index (χ0v) is 20.9. The predicted molar refractivity (Wildman–Crippen MR) is 107 cm³/mol. The molecule has 0 unspecified atom stereocenters. The average Bonchev–Trinajstić information content (AvgIpc) is 2.28. The lowest BCUT2D eigenvalue weighted by atomic mass is 11.8. The molecule has 128 valence electrons. The van der Waals surface area contributed by atoms with Gasteiger partial charge in [0, 0.05) is 30.1 Å². The topological polar surface area (TPSA) is 27.7 Å². The van der Waals surface area contributed by atoms with Crippen LogP contribution in [-0.2, 0) is 13.3 Å². The smallest absolute Gasteiger partial charge is 0.183 e. The SMILES string of the molecule is CO[SiH](C)C.CO[SiH](C)C.CO[Si](C)(C)C.C[SiH](C)C. The van der Waals surface area contributed by atoms with Gasteiger partial charge in [0.25, 0.3) is 0 Å². The Morgan fingerprint density at radius 2 is 0.700 bits per heavy atom. The molecule has 0 aromatic rings. The van der Waals surface area contributed by atoms with Gasteiger partial charge in [-0.1, -0.05) is 19.6 Å². The molecular weight excluding hydrogens is 316 g/mol. The van der Waals surface area contributed by atoms with Crippen LogP contribution in [0.5, 0.6) is 0 Å². The molecule has 0 fully saturated rings. The van der Waals surface area contributed by atoms with E-state index in [-0.39, 0.29) is 8.80 Å². The first-order valence-electron chi connectivity index (χ1n) is 7.44. The predicted octanol–water partition coefficient (Wildman–Crippen LogP) is 3.80. The molecule has 0 saturated heterocycles. The summed E-state index contributed by atoms with van der Waals surface area (Å²) in [6.07, 6.45) is 0. The van der Waals surface area contributed by atoms with E-state index >= 15 is 0 Å². The molecule has 0 aliphatic carbocycles. The highest BCUT2D eigenvalue weighted by atomic mass is 28.4. The van der Waals surface area contributed by atoms with Crippen molar-refractivity contribution >= 4 is 35.2 Å². The lowest BCUT2D eigenvalue weighted by Crippen LogP contribution is -2.22. The summed E-state index contributed by atoms with van der Waals surface area (Å²) in [7, 11) is 2.72. The van der Waals surface area contributed by atoms with Crippen LogP contribution in [0.4, 0.5) is 0 Å². The van der Waals surface area contributed by atoms with E-state index < -0.39 is 26.4 Å². The van der Waals surface area contributed by atoms with E-state index in [0.717, 1.165) is 0 Å². The number of hydrogen-bond acceptors (Lipinski definition) is 3. The van der Waals surface area contributed by atoms with Crippen LogP contribution in [0.2, 0.25) is 65.5 Å². The quantitative estimate of drug-likeness (QED) is 0.718. The molecule has 0 aliphatic heterocycles. The molecule has 7 heteroatoms. The normalized spacial score (nSPS) is 10.2. The second-order valence-electron chi connectivity index (χ2n) is 6.62. The Morgan fingerprint density at radius 3 is 0.700 bits per heavy atom. The second-order valence-corrected chi connectivity index (χ2v) is 19.9. The van der Waals surface area contributed by atoms with Crippen LogP contribution in [0, 0.1) is 0 Å². The fraction of sp³-hybridized carbons (Fsp3) is 1.00. The Kier molecular flexibility index (Phi) is 28.5. The summed E-state index contributed by atoms with van der Waals surface area (Å²) in [6, 6.07) is 0. The maximum Gasteiger partial charge on any atom is 0.183 e. The molecule has 0 radical (unpaired) electrons. The second kappa shape index (κ2) is 19.7. The molecule has 3 nitrogen and oxygen atoms in total. The molecule has 20 heavy (non-hydrogen) atoms. The fourth-order valence-electron chi connectivity index (χ4n) is 0. The minimum absolute atomic E-state index is 0.139. The van der Waals surface area contributed by atoms with Gasteiger partial charge in [-0.15, -0.1) is 0 Å². The Hall–Kier alpha value is 0.748. The summed E-state index contributed by atoms with van der Waals surface area (Å²) in [5.74, 6) is 0. The van der Waals surface area contributed by atoms with Crippen LogP contribution in [0.3, 0.4) is 0 Å². The van der Waals surface area contributed by atoms with Crippen LogP contribution in [0.1, 0.15) is 0 Å². The molecule has 0 rings (SSSR count). The molecular formula is C13H42O3Si4. The summed E-state index contributed by atoms with van der Waals surface area (Å²) in [4.78, 5) is 0. The largest absolute Gasteiger partial charge is 0.424 e. The van der Waals surface area contributed by atoms with Crippen molar-refractivity contribution < 1.29 is 13.3 Å². The van der Waals surface area contributed by atoms with Gasteiger partial charge >= 0.3 is 0 Å². The maximum absolute atomic E-state index is 5.08. The third-order valence-corrected chi connectivity index (χ3v) is 4.67. The van der Waals surface area contributed by atoms with Crippen LogP contribution >= 0.6 is 0 Å². The summed E-state index contributed by atoms with van der Waals surface area (Å²) in [5, 5.41) is 0. The van der Waals surface area contributed by atoms with Gasteiger partial charge in [0.15, 0.2) is 26.4 Å². The van der Waals surface area contributed by atoms with Crippen molar-refractivity contribution in [2.75, 3.05) is 21.3 Å². The van der Waals surface area contributed by atoms with Crippen LogP contribution in [0.25, 0.3) is 0 Å². The summed E-state index contributed by atoms with van der Waals surface area (Å²) >= 11 is 0. The van der Waals surface area contributed by atoms with E-state index in [2.05, 4.69) is 65.5 Å². The average molecular weight is 359 g/mol. The van der Waals surface area contributed by atoms with Crippen molar-refractivity contribution in [1.29, 1.82) is 0 Å². The lowest BCUT2D eigenvalue weighted by Gasteiger charge is -2.10. The van der Waals surface area contributed by atoms with Gasteiger partial charge in [-0.25, -0.2) is 0 Å². The van der Waals surface area contributed by atoms with Crippen molar-refractivity contribution in [2.24, 2.45) is 0 Å². The number of hydrogen-bond donors (Lipinski definition) is 0. The molecule has 0 saturated carbocycles. The van der Waals surface area contributed by atoms with Gasteiger partial charge in [-0.3, -0.25) is 0 Å². The molecule has 0 amide bonds. The Labute approximate surface area is 135 Å². The third-order valence-electron chi connectivity index (χ3n) is 1.56. The fourth-order valence-corrected chi connectivity index (χ4v) is 0. The first-order valence-corrected chi connectivity index (χ1v) is 19.9. The van der Waals surface area contributed by atoms with E-state index in [9.17, 15) is 0 Å². The van der Waals surface area contributed by atoms with Gasteiger partial charge < -0.3 is 13.3 Å². The van der Waals surface area contributed by atoms with Crippen LogP contribution in [0.15, 0.2) is 0 Å². The van der Waals surface area contributed by atoms with E-state index in [1.54, 1.807) is 21.3 Å². The standard InChI is InChI=1S/C4H12OSi.2C3H10OSi.C3H10Si/c1-5-6(2,3)4;2*1-4-5(2)3;1-4(2)3/h1-4H3;2*5H,1-3H3;4H,1-3H3. The Bertz CT molecular complexity index is 149. The van der Waals surface area contributed by atoms with Gasteiger partial charge in [0.05, 0.1) is 0 Å². The highest BCUT2D eigenvalue weighted by molar-refractivity contribution is 6.69. The van der Waals surface area contributed by atoms with Crippen LogP contribution < -0.4 is 0 Å². The summed E-state index contributed by atoms with van der Waals surface area (Å²) in [6.45, 7) is 22.0. The van der Waals surface area contributed by atoms with Crippen molar-refractivity contribution in [3.05, 3.63) is 0 Å². The first-order chi connectivity index (χ1) is 8.83. The highest BCUT2D eigenvalue weighted by Gasteiger charge is 2.09. The third kappa shape index (κ3) is 98.4. The van der Waals surface area contributed by atoms with E-state index in [1.807, 2.05) is 0 Å². The summed E-state index contributed by atoms with van der Waals surface area (Å²) < 4.78 is 14.9. The van der Waals surface area contributed by atoms with Crippen molar-refractivity contribution in [2.45, 2.75) is 65.5 Å². The van der Waals surface area contributed by atoms with E-state index in [1.165, 1.54) is 0 Å². The molecule has 0 N–H and O–H groups in total. The highest BCUT2D eigenvalue weighted by Crippen LogP contribution is 1.97. The van der Waals surface area contributed by atoms with Crippen molar-refractivity contribution in [3.63, 3.8) is 0 Å². The zero-order valence-electron chi connectivity index (χ0n) is 16.5. The number of rotatable bonds is 3. The minimum atomic E-state index is -1.13. The van der Waals surface area contributed by atoms with Crippen molar-refractivity contribution in [3.8, 4) is 0 Å². The Morgan fingerprint density at radius 1 is 0.600 bits per heavy atom. The van der Waals surface area contributed by atoms with Gasteiger partial charge in [-0.05, 0) is 45.8 Å².